The topological polar surface area (TPSA) is 84.9 Å². The Balaban J connectivity index is 2.56. The molecule has 0 aliphatic heterocycles. The van der Waals surface area contributed by atoms with Gasteiger partial charge in [0.25, 0.3) is 0 Å². The third-order valence-electron chi connectivity index (χ3n) is 2.47. The van der Waals surface area contributed by atoms with Crippen molar-refractivity contribution >= 4 is 21.6 Å². The summed E-state index contributed by atoms with van der Waals surface area (Å²) in [6.45, 7) is 0.964. The van der Waals surface area contributed by atoms with Gasteiger partial charge in [0.05, 0.1) is 31.3 Å². The molecule has 0 spiro atoms. The molecule has 1 rings (SSSR count). The van der Waals surface area contributed by atoms with Crippen LogP contribution in [-0.2, 0) is 26.1 Å². The zero-order chi connectivity index (χ0) is 15.0. The lowest BCUT2D eigenvalue weighted by atomic mass is 10.2. The first kappa shape index (κ1) is 17.4. The lowest BCUT2D eigenvalue weighted by molar-refractivity contribution is 0.0736. The fourth-order valence-electron chi connectivity index (χ4n) is 1.42. The quantitative estimate of drug-likeness (QED) is 0.656. The molecule has 0 atom stereocenters. The van der Waals surface area contributed by atoms with Crippen LogP contribution in [0.3, 0.4) is 0 Å². The second-order valence-corrected chi connectivity index (χ2v) is 6.09. The molecule has 0 unspecified atom stereocenters. The molecule has 6 nitrogen and oxygen atoms in total. The molecule has 0 fully saturated rings. The maximum atomic E-state index is 12.0. The number of hydrogen-bond donors (Lipinski definition) is 2. The van der Waals surface area contributed by atoms with Crippen LogP contribution in [0.1, 0.15) is 5.56 Å². The Bertz CT molecular complexity index is 521. The first-order valence-corrected chi connectivity index (χ1v) is 7.83. The van der Waals surface area contributed by atoms with Crippen LogP contribution in [0, 0.1) is 0 Å². The minimum absolute atomic E-state index is 0.0582. The number of methoxy groups -OCH3 is 1. The number of hydrogen-bond acceptors (Lipinski definition) is 5. The van der Waals surface area contributed by atoms with Gasteiger partial charge < -0.3 is 14.6 Å². The largest absolute Gasteiger partial charge is 0.392 e. The first-order valence-electron chi connectivity index (χ1n) is 5.97. The number of rotatable bonds is 9. The lowest BCUT2D eigenvalue weighted by Crippen LogP contribution is -2.28. The minimum atomic E-state index is -3.63. The minimum Gasteiger partial charge on any atom is -0.392 e. The van der Waals surface area contributed by atoms with E-state index in [1.165, 1.54) is 18.2 Å². The van der Waals surface area contributed by atoms with Gasteiger partial charge in [0.2, 0.25) is 10.0 Å². The number of benzene rings is 1. The third kappa shape index (κ3) is 5.35. The van der Waals surface area contributed by atoms with E-state index in [0.29, 0.717) is 23.8 Å². The molecule has 114 valence electrons. The molecular weight excluding hydrogens is 306 g/mol. The van der Waals surface area contributed by atoms with Crippen molar-refractivity contribution in [3.8, 4) is 0 Å². The van der Waals surface area contributed by atoms with E-state index in [4.69, 9.17) is 26.2 Å². The molecule has 1 aromatic rings. The predicted octanol–water partition coefficient (Wildman–Crippen LogP) is 0.774. The molecule has 0 aliphatic carbocycles. The molecule has 0 radical (unpaired) electrons. The van der Waals surface area contributed by atoms with Crippen molar-refractivity contribution in [2.75, 3.05) is 33.5 Å². The van der Waals surface area contributed by atoms with Crippen LogP contribution < -0.4 is 4.72 Å². The highest BCUT2D eigenvalue weighted by atomic mass is 35.5. The number of aliphatic hydroxyl groups excluding tert-OH is 1. The summed E-state index contributed by atoms with van der Waals surface area (Å²) in [4.78, 5) is 0.0582. The third-order valence-corrected chi connectivity index (χ3v) is 4.30. The van der Waals surface area contributed by atoms with E-state index in [1.54, 1.807) is 7.11 Å². The summed E-state index contributed by atoms with van der Waals surface area (Å²) in [5.74, 6) is 0. The van der Waals surface area contributed by atoms with Crippen LogP contribution >= 0.6 is 11.6 Å². The molecule has 0 saturated heterocycles. The van der Waals surface area contributed by atoms with Crippen molar-refractivity contribution in [1.29, 1.82) is 0 Å². The maximum absolute atomic E-state index is 12.0. The van der Waals surface area contributed by atoms with Gasteiger partial charge in [0.1, 0.15) is 0 Å². The molecule has 8 heteroatoms. The molecule has 2 N–H and O–H groups in total. The summed E-state index contributed by atoms with van der Waals surface area (Å²) >= 11 is 5.81. The summed E-state index contributed by atoms with van der Waals surface area (Å²) < 4.78 is 36.3. The summed E-state index contributed by atoms with van der Waals surface area (Å²) in [6, 6.07) is 4.17. The van der Waals surface area contributed by atoms with E-state index >= 15 is 0 Å². The van der Waals surface area contributed by atoms with Crippen molar-refractivity contribution < 1.29 is 23.0 Å². The van der Waals surface area contributed by atoms with Crippen LogP contribution in [0.15, 0.2) is 23.1 Å². The van der Waals surface area contributed by atoms with E-state index in [9.17, 15) is 8.42 Å². The van der Waals surface area contributed by atoms with Gasteiger partial charge in [-0.15, -0.1) is 0 Å². The average molecular weight is 324 g/mol. The number of sulfonamides is 1. The standard InChI is InChI=1S/C12H18ClNO5S/c1-18-6-7-19-5-4-14-20(16,17)11-2-3-12(13)10(8-11)9-15/h2-3,8,14-15H,4-7,9H2,1H3. The Kier molecular flexibility index (Phi) is 7.42. The van der Waals surface area contributed by atoms with Gasteiger partial charge in [-0.05, 0) is 23.8 Å². The molecule has 0 amide bonds. The van der Waals surface area contributed by atoms with Gasteiger partial charge in [0, 0.05) is 18.7 Å². The van der Waals surface area contributed by atoms with Gasteiger partial charge in [-0.1, -0.05) is 11.6 Å². The molecule has 0 saturated carbocycles. The van der Waals surface area contributed by atoms with Gasteiger partial charge in [0.15, 0.2) is 0 Å². The number of halogens is 1. The second-order valence-electron chi connectivity index (χ2n) is 3.91. The number of nitrogens with one attached hydrogen (secondary N) is 1. The number of ether oxygens (including phenoxy) is 2. The molecule has 20 heavy (non-hydrogen) atoms. The van der Waals surface area contributed by atoms with Crippen molar-refractivity contribution in [3.05, 3.63) is 28.8 Å². The van der Waals surface area contributed by atoms with E-state index in [1.807, 2.05) is 0 Å². The maximum Gasteiger partial charge on any atom is 0.240 e. The summed E-state index contributed by atoms with van der Waals surface area (Å²) in [7, 11) is -2.07. The summed E-state index contributed by atoms with van der Waals surface area (Å²) in [5.41, 5.74) is 0.367. The number of aliphatic hydroxyl groups is 1. The second kappa shape index (κ2) is 8.56. The fraction of sp³-hybridized carbons (Fsp3) is 0.500. The van der Waals surface area contributed by atoms with Crippen LogP contribution in [-0.4, -0.2) is 47.0 Å². The first-order chi connectivity index (χ1) is 9.51. The lowest BCUT2D eigenvalue weighted by Gasteiger charge is -2.09. The van der Waals surface area contributed by atoms with Crippen molar-refractivity contribution in [1.82, 2.24) is 4.72 Å². The molecule has 0 heterocycles. The SMILES string of the molecule is COCCOCCNS(=O)(=O)c1ccc(Cl)c(CO)c1. The van der Waals surface area contributed by atoms with Crippen LogP contribution in [0.5, 0.6) is 0 Å². The molecule has 0 aromatic heterocycles. The Morgan fingerprint density at radius 1 is 1.30 bits per heavy atom. The average Bonchev–Trinajstić information content (AvgIpc) is 2.43. The van der Waals surface area contributed by atoms with Gasteiger partial charge >= 0.3 is 0 Å². The molecule has 0 aliphatic rings. The summed E-state index contributed by atoms with van der Waals surface area (Å²) in [5, 5.41) is 9.40. The Morgan fingerprint density at radius 3 is 2.70 bits per heavy atom. The van der Waals surface area contributed by atoms with E-state index in [0.717, 1.165) is 0 Å². The van der Waals surface area contributed by atoms with E-state index < -0.39 is 10.0 Å². The zero-order valence-corrected chi connectivity index (χ0v) is 12.7. The van der Waals surface area contributed by atoms with Gasteiger partial charge in [-0.3, -0.25) is 0 Å². The van der Waals surface area contributed by atoms with Crippen molar-refractivity contribution in [3.63, 3.8) is 0 Å². The van der Waals surface area contributed by atoms with Crippen molar-refractivity contribution in [2.24, 2.45) is 0 Å². The Morgan fingerprint density at radius 2 is 2.05 bits per heavy atom. The monoisotopic (exact) mass is 323 g/mol. The van der Waals surface area contributed by atoms with Gasteiger partial charge in [-0.2, -0.15) is 0 Å². The molecule has 0 bridgehead atoms. The summed E-state index contributed by atoms with van der Waals surface area (Å²) in [6.07, 6.45) is 0. The van der Waals surface area contributed by atoms with Crippen LogP contribution in [0.2, 0.25) is 5.02 Å². The highest BCUT2D eigenvalue weighted by Crippen LogP contribution is 2.20. The normalized spacial score (nSPS) is 11.8. The molecular formula is C12H18ClNO5S. The molecule has 1 aromatic carbocycles. The fourth-order valence-corrected chi connectivity index (χ4v) is 2.66. The van der Waals surface area contributed by atoms with E-state index in [-0.39, 0.29) is 24.7 Å². The van der Waals surface area contributed by atoms with Crippen molar-refractivity contribution in [2.45, 2.75) is 11.5 Å². The zero-order valence-electron chi connectivity index (χ0n) is 11.1. The van der Waals surface area contributed by atoms with Gasteiger partial charge in [-0.25, -0.2) is 13.1 Å². The highest BCUT2D eigenvalue weighted by Gasteiger charge is 2.14. The highest BCUT2D eigenvalue weighted by molar-refractivity contribution is 7.89. The Labute approximate surface area is 123 Å². The smallest absolute Gasteiger partial charge is 0.240 e. The van der Waals surface area contributed by atoms with Crippen LogP contribution in [0.4, 0.5) is 0 Å². The Hall–Kier alpha value is -0.700. The predicted molar refractivity (Wildman–Crippen MR) is 75.3 cm³/mol. The van der Waals surface area contributed by atoms with Crippen LogP contribution in [0.25, 0.3) is 0 Å². The van der Waals surface area contributed by atoms with E-state index in [2.05, 4.69) is 4.72 Å².